The summed E-state index contributed by atoms with van der Waals surface area (Å²) in [7, 11) is 0. The third-order valence-corrected chi connectivity index (χ3v) is 2.36. The molecular weight excluding hydrogens is 216 g/mol. The second-order valence-electron chi connectivity index (χ2n) is 3.61. The minimum Gasteiger partial charge on any atom is -0.396 e. The average molecular weight is 230 g/mol. The Morgan fingerprint density at radius 2 is 2.12 bits per heavy atom. The Labute approximate surface area is 99.2 Å². The van der Waals surface area contributed by atoms with E-state index in [1.54, 1.807) is 10.9 Å². The molecule has 0 fully saturated rings. The number of hydrogen-bond donors (Lipinski definition) is 2. The van der Waals surface area contributed by atoms with E-state index in [0.717, 1.165) is 5.69 Å². The Bertz CT molecular complexity index is 519. The van der Waals surface area contributed by atoms with E-state index in [-0.39, 0.29) is 11.6 Å². The summed E-state index contributed by atoms with van der Waals surface area (Å²) in [5.74, 6) is -0.291. The highest BCUT2D eigenvalue weighted by atomic mass is 16.2. The van der Waals surface area contributed by atoms with E-state index in [1.165, 1.54) is 0 Å². The number of carbonyl (C=O) groups is 1. The van der Waals surface area contributed by atoms with Crippen molar-refractivity contribution in [3.63, 3.8) is 0 Å². The van der Waals surface area contributed by atoms with Crippen molar-refractivity contribution in [1.29, 1.82) is 0 Å². The van der Waals surface area contributed by atoms with Gasteiger partial charge in [0.05, 0.1) is 5.69 Å². The standard InChI is InChI=1S/C12H14N4O/c1-2-16-8-10(13)11(15-16)12(17)14-9-6-4-3-5-7-9/h3-8H,2,13H2,1H3,(H,14,17). The zero-order chi connectivity index (χ0) is 12.3. The van der Waals surface area contributed by atoms with Crippen molar-refractivity contribution in [3.05, 3.63) is 42.2 Å². The molecule has 0 aliphatic carbocycles. The molecule has 0 bridgehead atoms. The Morgan fingerprint density at radius 3 is 2.71 bits per heavy atom. The lowest BCUT2D eigenvalue weighted by Gasteiger charge is -2.02. The van der Waals surface area contributed by atoms with Crippen molar-refractivity contribution in [2.75, 3.05) is 11.1 Å². The van der Waals surface area contributed by atoms with Crippen molar-refractivity contribution < 1.29 is 4.79 Å². The number of carbonyl (C=O) groups excluding carboxylic acids is 1. The summed E-state index contributed by atoms with van der Waals surface area (Å²) in [6.45, 7) is 2.62. The van der Waals surface area contributed by atoms with Gasteiger partial charge in [-0.2, -0.15) is 5.10 Å². The van der Waals surface area contributed by atoms with Gasteiger partial charge in [-0.3, -0.25) is 9.48 Å². The molecule has 1 aromatic heterocycles. The Kier molecular flexibility index (Phi) is 3.09. The number of nitrogens with two attached hydrogens (primary N) is 1. The number of hydrogen-bond acceptors (Lipinski definition) is 3. The quantitative estimate of drug-likeness (QED) is 0.843. The normalized spacial score (nSPS) is 10.2. The number of benzene rings is 1. The van der Waals surface area contributed by atoms with Crippen LogP contribution in [-0.2, 0) is 6.54 Å². The molecule has 1 amide bonds. The molecule has 2 rings (SSSR count). The predicted octanol–water partition coefficient (Wildman–Crippen LogP) is 1.74. The average Bonchev–Trinajstić information content (AvgIpc) is 2.72. The maximum atomic E-state index is 11.9. The van der Waals surface area contributed by atoms with Gasteiger partial charge in [0, 0.05) is 18.4 Å². The van der Waals surface area contributed by atoms with E-state index in [1.807, 2.05) is 37.3 Å². The number of para-hydroxylation sites is 1. The van der Waals surface area contributed by atoms with Crippen molar-refractivity contribution in [1.82, 2.24) is 9.78 Å². The van der Waals surface area contributed by atoms with Gasteiger partial charge in [-0.15, -0.1) is 0 Å². The Morgan fingerprint density at radius 1 is 1.41 bits per heavy atom. The van der Waals surface area contributed by atoms with Crippen LogP contribution in [0.2, 0.25) is 0 Å². The monoisotopic (exact) mass is 230 g/mol. The van der Waals surface area contributed by atoms with E-state index < -0.39 is 0 Å². The third kappa shape index (κ3) is 2.44. The number of nitrogen functional groups attached to an aromatic ring is 1. The highest BCUT2D eigenvalue weighted by molar-refractivity contribution is 6.06. The van der Waals surface area contributed by atoms with Crippen LogP contribution in [-0.4, -0.2) is 15.7 Å². The Balaban J connectivity index is 2.17. The first-order valence-corrected chi connectivity index (χ1v) is 5.40. The molecule has 0 aliphatic rings. The van der Waals surface area contributed by atoms with Crippen LogP contribution in [0.15, 0.2) is 36.5 Å². The molecule has 88 valence electrons. The van der Waals surface area contributed by atoms with Crippen molar-refractivity contribution >= 4 is 17.3 Å². The van der Waals surface area contributed by atoms with Crippen molar-refractivity contribution in [2.24, 2.45) is 0 Å². The maximum Gasteiger partial charge on any atom is 0.278 e. The molecule has 0 saturated heterocycles. The third-order valence-electron chi connectivity index (χ3n) is 2.36. The largest absolute Gasteiger partial charge is 0.396 e. The van der Waals surface area contributed by atoms with E-state index >= 15 is 0 Å². The van der Waals surface area contributed by atoms with Gasteiger partial charge < -0.3 is 11.1 Å². The summed E-state index contributed by atoms with van der Waals surface area (Å²) in [6, 6.07) is 9.21. The molecule has 5 nitrogen and oxygen atoms in total. The summed E-state index contributed by atoms with van der Waals surface area (Å²) in [6.07, 6.45) is 1.65. The summed E-state index contributed by atoms with van der Waals surface area (Å²) < 4.78 is 1.63. The topological polar surface area (TPSA) is 72.9 Å². The summed E-state index contributed by atoms with van der Waals surface area (Å²) >= 11 is 0. The van der Waals surface area contributed by atoms with E-state index in [9.17, 15) is 4.79 Å². The molecule has 1 heterocycles. The van der Waals surface area contributed by atoms with E-state index in [0.29, 0.717) is 12.2 Å². The van der Waals surface area contributed by atoms with Gasteiger partial charge in [-0.1, -0.05) is 18.2 Å². The lowest BCUT2D eigenvalue weighted by atomic mass is 10.3. The van der Waals surface area contributed by atoms with Gasteiger partial charge in [-0.25, -0.2) is 0 Å². The van der Waals surface area contributed by atoms with Crippen molar-refractivity contribution in [3.8, 4) is 0 Å². The number of nitrogens with one attached hydrogen (secondary N) is 1. The van der Waals surface area contributed by atoms with Crippen molar-refractivity contribution in [2.45, 2.75) is 13.5 Å². The second-order valence-corrected chi connectivity index (χ2v) is 3.61. The number of amides is 1. The molecular formula is C12H14N4O. The van der Waals surface area contributed by atoms with Gasteiger partial charge in [0.1, 0.15) is 0 Å². The fraction of sp³-hybridized carbons (Fsp3) is 0.167. The molecule has 0 radical (unpaired) electrons. The van der Waals surface area contributed by atoms with Gasteiger partial charge in [0.2, 0.25) is 0 Å². The van der Waals surface area contributed by atoms with E-state index in [4.69, 9.17) is 5.73 Å². The van der Waals surface area contributed by atoms with Gasteiger partial charge in [-0.05, 0) is 19.1 Å². The molecule has 1 aromatic carbocycles. The molecule has 0 atom stereocenters. The van der Waals surface area contributed by atoms with Crippen LogP contribution in [0.1, 0.15) is 17.4 Å². The lowest BCUT2D eigenvalue weighted by Crippen LogP contribution is -2.14. The van der Waals surface area contributed by atoms with Gasteiger partial charge in [0.15, 0.2) is 5.69 Å². The predicted molar refractivity (Wildman–Crippen MR) is 66.7 cm³/mol. The highest BCUT2D eigenvalue weighted by Gasteiger charge is 2.14. The number of rotatable bonds is 3. The summed E-state index contributed by atoms with van der Waals surface area (Å²) in [5, 5.41) is 6.85. The molecule has 2 aromatic rings. The molecule has 0 unspecified atom stereocenters. The number of anilines is 2. The van der Waals surface area contributed by atoms with Crippen LogP contribution in [0, 0.1) is 0 Å². The smallest absolute Gasteiger partial charge is 0.278 e. The van der Waals surface area contributed by atoms with Crippen LogP contribution in [0.25, 0.3) is 0 Å². The fourth-order valence-corrected chi connectivity index (χ4v) is 1.49. The maximum absolute atomic E-state index is 11.9. The minimum absolute atomic E-state index is 0.260. The number of aryl methyl sites for hydroxylation is 1. The van der Waals surface area contributed by atoms with Crippen LogP contribution in [0.3, 0.4) is 0 Å². The second kappa shape index (κ2) is 4.69. The lowest BCUT2D eigenvalue weighted by molar-refractivity contribution is 0.102. The molecule has 0 saturated carbocycles. The zero-order valence-corrected chi connectivity index (χ0v) is 9.55. The number of aromatic nitrogens is 2. The zero-order valence-electron chi connectivity index (χ0n) is 9.55. The van der Waals surface area contributed by atoms with Crippen LogP contribution < -0.4 is 11.1 Å². The van der Waals surface area contributed by atoms with E-state index in [2.05, 4.69) is 10.4 Å². The van der Waals surface area contributed by atoms with Crippen LogP contribution >= 0.6 is 0 Å². The molecule has 5 heteroatoms. The summed E-state index contributed by atoms with van der Waals surface area (Å²) in [5.41, 5.74) is 7.10. The first-order valence-electron chi connectivity index (χ1n) is 5.40. The van der Waals surface area contributed by atoms with Gasteiger partial charge >= 0.3 is 0 Å². The highest BCUT2D eigenvalue weighted by Crippen LogP contribution is 2.12. The molecule has 17 heavy (non-hydrogen) atoms. The first kappa shape index (κ1) is 11.2. The van der Waals surface area contributed by atoms with Gasteiger partial charge in [0.25, 0.3) is 5.91 Å². The van der Waals surface area contributed by atoms with Crippen LogP contribution in [0.4, 0.5) is 11.4 Å². The SMILES string of the molecule is CCn1cc(N)c(C(=O)Nc2ccccc2)n1. The Hall–Kier alpha value is -2.30. The first-order chi connectivity index (χ1) is 8.20. The molecule has 0 aliphatic heterocycles. The van der Waals surface area contributed by atoms with Crippen LogP contribution in [0.5, 0.6) is 0 Å². The molecule has 0 spiro atoms. The minimum atomic E-state index is -0.291. The fourth-order valence-electron chi connectivity index (χ4n) is 1.49. The summed E-state index contributed by atoms with van der Waals surface area (Å²) in [4.78, 5) is 11.9. The molecule has 3 N–H and O–H groups in total. The number of nitrogens with zero attached hydrogens (tertiary/aromatic N) is 2.